The van der Waals surface area contributed by atoms with E-state index in [0.717, 1.165) is 16.7 Å². The molecule has 0 saturated heterocycles. The number of ether oxygens (including phenoxy) is 1. The van der Waals surface area contributed by atoms with Crippen molar-refractivity contribution in [2.75, 3.05) is 6.54 Å². The second kappa shape index (κ2) is 7.02. The number of benzene rings is 1. The summed E-state index contributed by atoms with van der Waals surface area (Å²) in [5, 5.41) is 9.71. The second-order valence-corrected chi connectivity index (χ2v) is 6.80. The maximum atomic E-state index is 12.4. The Labute approximate surface area is 138 Å². The molecule has 1 atom stereocenters. The van der Waals surface area contributed by atoms with Gasteiger partial charge in [0.25, 0.3) is 0 Å². The second-order valence-electron chi connectivity index (χ2n) is 6.80. The molecule has 0 aliphatic rings. The van der Waals surface area contributed by atoms with Crippen LogP contribution in [0.15, 0.2) is 12.1 Å². The molecule has 0 fully saturated rings. The van der Waals surface area contributed by atoms with E-state index >= 15 is 0 Å². The monoisotopic (exact) mass is 321 g/mol. The van der Waals surface area contributed by atoms with E-state index in [-0.39, 0.29) is 6.54 Å². The summed E-state index contributed by atoms with van der Waals surface area (Å²) in [6, 6.07) is 2.73. The van der Waals surface area contributed by atoms with Crippen molar-refractivity contribution in [1.29, 1.82) is 0 Å². The zero-order chi connectivity index (χ0) is 17.9. The number of nitrogens with zero attached hydrogens (tertiary/aromatic N) is 1. The molecule has 0 spiro atoms. The average molecular weight is 321 g/mol. The maximum absolute atomic E-state index is 12.4. The fourth-order valence-electron chi connectivity index (χ4n) is 2.45. The first-order chi connectivity index (χ1) is 10.5. The lowest BCUT2D eigenvalue weighted by molar-refractivity contribution is -0.143. The van der Waals surface area contributed by atoms with Gasteiger partial charge in [0.05, 0.1) is 0 Å². The summed E-state index contributed by atoms with van der Waals surface area (Å²) in [5.41, 5.74) is 2.88. The fraction of sp³-hybridized carbons (Fsp3) is 0.556. The first-order valence-electron chi connectivity index (χ1n) is 7.78. The minimum Gasteiger partial charge on any atom is -0.479 e. The molecule has 0 heterocycles. The summed E-state index contributed by atoms with van der Waals surface area (Å²) in [6.07, 6.45) is -0.620. The Morgan fingerprint density at radius 3 is 2.09 bits per heavy atom. The van der Waals surface area contributed by atoms with E-state index in [0.29, 0.717) is 5.56 Å². The molecule has 1 amide bonds. The Kier molecular flexibility index (Phi) is 5.81. The molecule has 5 nitrogen and oxygen atoms in total. The quantitative estimate of drug-likeness (QED) is 0.910. The van der Waals surface area contributed by atoms with Crippen LogP contribution in [0.25, 0.3) is 0 Å². The van der Waals surface area contributed by atoms with E-state index in [2.05, 4.69) is 0 Å². The zero-order valence-electron chi connectivity index (χ0n) is 15.1. The molecule has 0 aliphatic heterocycles. The van der Waals surface area contributed by atoms with Gasteiger partial charge in [-0.2, -0.15) is 0 Å². The van der Waals surface area contributed by atoms with E-state index in [4.69, 9.17) is 4.74 Å². The lowest BCUT2D eigenvalue weighted by Gasteiger charge is -2.31. The maximum Gasteiger partial charge on any atom is 0.411 e. The number of hydrogen-bond acceptors (Lipinski definition) is 3. The molecule has 0 saturated carbocycles. The van der Waals surface area contributed by atoms with E-state index < -0.39 is 23.7 Å². The van der Waals surface area contributed by atoms with Crippen LogP contribution in [-0.2, 0) is 9.53 Å². The van der Waals surface area contributed by atoms with Gasteiger partial charge in [-0.25, -0.2) is 9.59 Å². The summed E-state index contributed by atoms with van der Waals surface area (Å²) < 4.78 is 5.36. The van der Waals surface area contributed by atoms with Gasteiger partial charge < -0.3 is 9.84 Å². The van der Waals surface area contributed by atoms with E-state index in [9.17, 15) is 14.7 Å². The summed E-state index contributed by atoms with van der Waals surface area (Å²) in [5.74, 6) is -1.07. The van der Waals surface area contributed by atoms with Crippen LogP contribution in [0.1, 0.15) is 56.0 Å². The smallest absolute Gasteiger partial charge is 0.411 e. The molecule has 23 heavy (non-hydrogen) atoms. The van der Waals surface area contributed by atoms with Crippen molar-refractivity contribution in [3.63, 3.8) is 0 Å². The number of aryl methyl sites for hydroxylation is 3. The van der Waals surface area contributed by atoms with Crippen LogP contribution in [0, 0.1) is 20.8 Å². The largest absolute Gasteiger partial charge is 0.479 e. The van der Waals surface area contributed by atoms with Crippen molar-refractivity contribution in [2.45, 2.75) is 60.1 Å². The van der Waals surface area contributed by atoms with Crippen LogP contribution in [0.4, 0.5) is 4.79 Å². The van der Waals surface area contributed by atoms with Crippen LogP contribution in [0.5, 0.6) is 0 Å². The fourth-order valence-corrected chi connectivity index (χ4v) is 2.45. The third-order valence-electron chi connectivity index (χ3n) is 3.69. The normalized spacial score (nSPS) is 12.7. The number of likely N-dealkylation sites (N-methyl/N-ethyl adjacent to an activating group) is 1. The summed E-state index contributed by atoms with van der Waals surface area (Å²) in [4.78, 5) is 25.5. The molecule has 1 N–H and O–H groups in total. The van der Waals surface area contributed by atoms with Gasteiger partial charge in [0.1, 0.15) is 5.60 Å². The van der Waals surface area contributed by atoms with Gasteiger partial charge in [0.2, 0.25) is 0 Å². The zero-order valence-corrected chi connectivity index (χ0v) is 15.1. The van der Waals surface area contributed by atoms with Crippen LogP contribution in [0.3, 0.4) is 0 Å². The molecule has 1 aromatic rings. The average Bonchev–Trinajstić information content (AvgIpc) is 2.38. The lowest BCUT2D eigenvalue weighted by Crippen LogP contribution is -2.42. The first-order valence-corrected chi connectivity index (χ1v) is 7.78. The highest BCUT2D eigenvalue weighted by atomic mass is 16.6. The SMILES string of the molecule is CCN(C(=O)OC(C)(C)C)C(C(=O)O)c1cc(C)c(C)cc1C. The van der Waals surface area contributed by atoms with Gasteiger partial charge >= 0.3 is 12.1 Å². The molecule has 0 aromatic heterocycles. The molecular formula is C18H27NO4. The van der Waals surface area contributed by atoms with Crippen molar-refractivity contribution in [3.05, 3.63) is 34.4 Å². The Balaban J connectivity index is 3.32. The number of carbonyl (C=O) groups excluding carboxylic acids is 1. The van der Waals surface area contributed by atoms with Crippen molar-refractivity contribution in [3.8, 4) is 0 Å². The Morgan fingerprint density at radius 1 is 1.13 bits per heavy atom. The number of aliphatic carboxylic acids is 1. The highest BCUT2D eigenvalue weighted by molar-refractivity contribution is 5.82. The minimum atomic E-state index is -1.07. The summed E-state index contributed by atoms with van der Waals surface area (Å²) in [6.45, 7) is 13.0. The van der Waals surface area contributed by atoms with Gasteiger partial charge in [-0.05, 0) is 70.7 Å². The van der Waals surface area contributed by atoms with Gasteiger partial charge in [-0.1, -0.05) is 12.1 Å². The molecule has 1 rings (SSSR count). The number of carboxylic acids is 1. The van der Waals surface area contributed by atoms with E-state index in [1.807, 2.05) is 32.9 Å². The van der Waals surface area contributed by atoms with Crippen LogP contribution >= 0.6 is 0 Å². The molecule has 0 radical (unpaired) electrons. The predicted octanol–water partition coefficient (Wildman–Crippen LogP) is 3.99. The topological polar surface area (TPSA) is 66.8 Å². The van der Waals surface area contributed by atoms with Gasteiger partial charge in [-0.15, -0.1) is 0 Å². The molecule has 5 heteroatoms. The number of amides is 1. The predicted molar refractivity (Wildman–Crippen MR) is 89.6 cm³/mol. The van der Waals surface area contributed by atoms with Crippen LogP contribution in [0.2, 0.25) is 0 Å². The van der Waals surface area contributed by atoms with Gasteiger partial charge in [0.15, 0.2) is 6.04 Å². The van der Waals surface area contributed by atoms with Gasteiger partial charge in [-0.3, -0.25) is 4.90 Å². The van der Waals surface area contributed by atoms with Crippen molar-refractivity contribution < 1.29 is 19.4 Å². The van der Waals surface area contributed by atoms with Crippen molar-refractivity contribution in [2.24, 2.45) is 0 Å². The molecule has 1 unspecified atom stereocenters. The Bertz CT molecular complexity index is 602. The summed E-state index contributed by atoms with van der Waals surface area (Å²) in [7, 11) is 0. The number of hydrogen-bond donors (Lipinski definition) is 1. The molecule has 128 valence electrons. The third kappa shape index (κ3) is 4.71. The molecule has 0 aliphatic carbocycles. The Hall–Kier alpha value is -2.04. The van der Waals surface area contributed by atoms with E-state index in [1.165, 1.54) is 4.90 Å². The number of carboxylic acid groups (broad SMARTS) is 1. The first kappa shape index (κ1) is 19.0. The van der Waals surface area contributed by atoms with Gasteiger partial charge in [0, 0.05) is 6.54 Å². The van der Waals surface area contributed by atoms with Crippen LogP contribution in [-0.4, -0.2) is 34.2 Å². The van der Waals surface area contributed by atoms with Crippen LogP contribution < -0.4 is 0 Å². The third-order valence-corrected chi connectivity index (χ3v) is 3.69. The molecule has 0 bridgehead atoms. The van der Waals surface area contributed by atoms with E-state index in [1.54, 1.807) is 27.7 Å². The number of rotatable bonds is 4. The molecule has 1 aromatic carbocycles. The minimum absolute atomic E-state index is 0.248. The standard InChI is InChI=1S/C18H27NO4/c1-8-19(17(22)23-18(5,6)7)15(16(20)21)14-10-12(3)11(2)9-13(14)4/h9-10,15H,8H2,1-7H3,(H,20,21). The summed E-state index contributed by atoms with van der Waals surface area (Å²) >= 11 is 0. The molecular weight excluding hydrogens is 294 g/mol. The highest BCUT2D eigenvalue weighted by Crippen LogP contribution is 2.28. The number of carbonyl (C=O) groups is 2. The van der Waals surface area contributed by atoms with Crippen molar-refractivity contribution >= 4 is 12.1 Å². The Morgan fingerprint density at radius 2 is 1.65 bits per heavy atom. The highest BCUT2D eigenvalue weighted by Gasteiger charge is 2.34. The van der Waals surface area contributed by atoms with Crippen molar-refractivity contribution in [1.82, 2.24) is 4.90 Å². The lowest BCUT2D eigenvalue weighted by atomic mass is 9.95.